The minimum absolute atomic E-state index is 0.0208. The molecule has 19 heavy (non-hydrogen) atoms. The summed E-state index contributed by atoms with van der Waals surface area (Å²) in [5.74, 6) is -0.726. The molecule has 2 aromatic rings. The van der Waals surface area contributed by atoms with Crippen LogP contribution in [0.2, 0.25) is 5.02 Å². The molecule has 0 aliphatic carbocycles. The maximum Gasteiger partial charge on any atom is 0.341 e. The third-order valence-electron chi connectivity index (χ3n) is 2.44. The minimum atomic E-state index is -1.09. The molecule has 1 aromatic heterocycles. The van der Waals surface area contributed by atoms with Gasteiger partial charge in [-0.1, -0.05) is 27.5 Å². The molecule has 0 bridgehead atoms. The van der Waals surface area contributed by atoms with Crippen molar-refractivity contribution in [1.82, 2.24) is 4.98 Å². The Kier molecular flexibility index (Phi) is 4.07. The van der Waals surface area contributed by atoms with Crippen LogP contribution in [0.4, 0.5) is 0 Å². The van der Waals surface area contributed by atoms with E-state index in [2.05, 4.69) is 20.9 Å². The first kappa shape index (κ1) is 13.8. The summed E-state index contributed by atoms with van der Waals surface area (Å²) in [5, 5.41) is 9.56. The van der Waals surface area contributed by atoms with Crippen molar-refractivity contribution in [2.75, 3.05) is 0 Å². The zero-order chi connectivity index (χ0) is 14.0. The van der Waals surface area contributed by atoms with Gasteiger partial charge in [0.05, 0.1) is 5.02 Å². The first-order valence-electron chi connectivity index (χ1n) is 5.31. The number of carboxylic acid groups (broad SMARTS) is 1. The van der Waals surface area contributed by atoms with E-state index in [1.807, 2.05) is 0 Å². The molecule has 0 atom stereocenters. The van der Waals surface area contributed by atoms with Crippen LogP contribution in [0.1, 0.15) is 15.9 Å². The van der Waals surface area contributed by atoms with Crippen LogP contribution in [0.15, 0.2) is 34.9 Å². The third-order valence-corrected chi connectivity index (χ3v) is 3.24. The molecular weight excluding hydrogens is 334 g/mol. The van der Waals surface area contributed by atoms with Crippen LogP contribution in [0.5, 0.6) is 11.6 Å². The van der Waals surface area contributed by atoms with Crippen LogP contribution in [-0.4, -0.2) is 16.1 Å². The molecule has 0 aliphatic heterocycles. The molecule has 0 spiro atoms. The molecule has 98 valence electrons. The van der Waals surface area contributed by atoms with Gasteiger partial charge in [0.15, 0.2) is 0 Å². The monoisotopic (exact) mass is 341 g/mol. The van der Waals surface area contributed by atoms with E-state index in [-0.39, 0.29) is 11.4 Å². The fourth-order valence-corrected chi connectivity index (χ4v) is 2.03. The maximum atomic E-state index is 11.2. The fraction of sp³-hybridized carbons (Fsp3) is 0.0769. The predicted octanol–water partition coefficient (Wildman–Crippen LogP) is 4.30. The second-order valence-corrected chi connectivity index (χ2v) is 5.11. The van der Waals surface area contributed by atoms with Gasteiger partial charge in [-0.25, -0.2) is 9.78 Å². The Labute approximate surface area is 123 Å². The van der Waals surface area contributed by atoms with E-state index < -0.39 is 5.97 Å². The van der Waals surface area contributed by atoms with Crippen LogP contribution in [0, 0.1) is 6.92 Å². The number of carboxylic acids is 1. The van der Waals surface area contributed by atoms with Gasteiger partial charge in [0.1, 0.15) is 11.3 Å². The van der Waals surface area contributed by atoms with Gasteiger partial charge in [0, 0.05) is 10.7 Å². The molecule has 1 heterocycles. The van der Waals surface area contributed by atoms with Gasteiger partial charge in [-0.3, -0.25) is 0 Å². The van der Waals surface area contributed by atoms with Crippen LogP contribution in [0.25, 0.3) is 0 Å². The number of aryl methyl sites for hydroxylation is 1. The van der Waals surface area contributed by atoms with E-state index in [1.165, 1.54) is 6.20 Å². The Bertz CT molecular complexity index is 646. The molecule has 0 unspecified atom stereocenters. The summed E-state index contributed by atoms with van der Waals surface area (Å²) >= 11 is 9.29. The lowest BCUT2D eigenvalue weighted by Crippen LogP contribution is -2.04. The lowest BCUT2D eigenvalue weighted by Gasteiger charge is -2.10. The zero-order valence-corrected chi connectivity index (χ0v) is 12.2. The van der Waals surface area contributed by atoms with Gasteiger partial charge >= 0.3 is 5.97 Å². The van der Waals surface area contributed by atoms with Gasteiger partial charge in [-0.2, -0.15) is 0 Å². The predicted molar refractivity (Wildman–Crippen MR) is 75.2 cm³/mol. The number of nitrogens with zero attached hydrogens (tertiary/aromatic N) is 1. The second-order valence-electron chi connectivity index (χ2n) is 3.79. The Balaban J connectivity index is 2.46. The first-order chi connectivity index (χ1) is 8.99. The number of hydrogen-bond donors (Lipinski definition) is 1. The molecule has 0 amide bonds. The Morgan fingerprint density at radius 2 is 2.16 bits per heavy atom. The van der Waals surface area contributed by atoms with Crippen molar-refractivity contribution >= 4 is 33.5 Å². The molecule has 0 saturated carbocycles. The van der Waals surface area contributed by atoms with Crippen LogP contribution in [-0.2, 0) is 0 Å². The number of hydrogen-bond acceptors (Lipinski definition) is 3. The second kappa shape index (κ2) is 5.59. The highest BCUT2D eigenvalue weighted by atomic mass is 79.9. The highest BCUT2D eigenvalue weighted by Gasteiger charge is 2.17. The van der Waals surface area contributed by atoms with Crippen LogP contribution >= 0.6 is 27.5 Å². The summed E-state index contributed by atoms with van der Waals surface area (Å²) in [5.41, 5.74) is 0.599. The number of rotatable bonds is 3. The van der Waals surface area contributed by atoms with Crippen molar-refractivity contribution < 1.29 is 14.6 Å². The first-order valence-corrected chi connectivity index (χ1v) is 6.48. The molecule has 2 rings (SSSR count). The topological polar surface area (TPSA) is 59.4 Å². The van der Waals surface area contributed by atoms with E-state index in [9.17, 15) is 9.90 Å². The number of carbonyl (C=O) groups is 1. The Morgan fingerprint density at radius 3 is 2.84 bits per heavy atom. The number of pyridine rings is 1. The van der Waals surface area contributed by atoms with Crippen molar-refractivity contribution in [2.24, 2.45) is 0 Å². The normalized spacial score (nSPS) is 10.3. The molecule has 6 heteroatoms. The summed E-state index contributed by atoms with van der Waals surface area (Å²) in [6, 6.07) is 6.67. The summed E-state index contributed by atoms with van der Waals surface area (Å²) in [6.45, 7) is 1.68. The number of halogens is 2. The fourth-order valence-electron chi connectivity index (χ4n) is 1.53. The van der Waals surface area contributed by atoms with Crippen molar-refractivity contribution in [3.63, 3.8) is 0 Å². The van der Waals surface area contributed by atoms with Crippen molar-refractivity contribution in [1.29, 1.82) is 0 Å². The maximum absolute atomic E-state index is 11.2. The van der Waals surface area contributed by atoms with Gasteiger partial charge in [-0.05, 0) is 36.8 Å². The highest BCUT2D eigenvalue weighted by Crippen LogP contribution is 2.33. The standard InChI is InChI=1S/C13H9BrClNO3/c1-7-4-5-16-12(11(7)13(17)18)19-10-6-8(14)2-3-9(10)15/h2-6H,1H3,(H,17,18). The summed E-state index contributed by atoms with van der Waals surface area (Å²) in [4.78, 5) is 15.2. The van der Waals surface area contributed by atoms with E-state index in [0.29, 0.717) is 16.3 Å². The number of aromatic carboxylic acids is 1. The van der Waals surface area contributed by atoms with E-state index in [0.717, 1.165) is 4.47 Å². The lowest BCUT2D eigenvalue weighted by atomic mass is 10.1. The molecule has 0 saturated heterocycles. The highest BCUT2D eigenvalue weighted by molar-refractivity contribution is 9.10. The zero-order valence-electron chi connectivity index (χ0n) is 9.85. The lowest BCUT2D eigenvalue weighted by molar-refractivity contribution is 0.0692. The van der Waals surface area contributed by atoms with E-state index in [4.69, 9.17) is 16.3 Å². The number of aromatic nitrogens is 1. The summed E-state index contributed by atoms with van der Waals surface area (Å²) < 4.78 is 6.28. The quantitative estimate of drug-likeness (QED) is 0.903. The van der Waals surface area contributed by atoms with Gasteiger partial charge in [0.2, 0.25) is 5.88 Å². The molecule has 1 aromatic carbocycles. The van der Waals surface area contributed by atoms with Crippen molar-refractivity contribution in [2.45, 2.75) is 6.92 Å². The molecule has 0 radical (unpaired) electrons. The largest absolute Gasteiger partial charge is 0.477 e. The molecule has 1 N–H and O–H groups in total. The SMILES string of the molecule is Cc1ccnc(Oc2cc(Br)ccc2Cl)c1C(=O)O. The average Bonchev–Trinajstić information content (AvgIpc) is 2.33. The van der Waals surface area contributed by atoms with Crippen LogP contribution < -0.4 is 4.74 Å². The number of ether oxygens (including phenoxy) is 1. The molecule has 0 fully saturated rings. The molecular formula is C13H9BrClNO3. The average molecular weight is 343 g/mol. The van der Waals surface area contributed by atoms with Crippen molar-refractivity contribution in [3.8, 4) is 11.6 Å². The smallest absolute Gasteiger partial charge is 0.341 e. The molecule has 4 nitrogen and oxygen atoms in total. The van der Waals surface area contributed by atoms with Gasteiger partial charge < -0.3 is 9.84 Å². The molecule has 0 aliphatic rings. The van der Waals surface area contributed by atoms with Gasteiger partial charge in [-0.15, -0.1) is 0 Å². The van der Waals surface area contributed by atoms with E-state index in [1.54, 1.807) is 31.2 Å². The number of benzene rings is 1. The summed E-state index contributed by atoms with van der Waals surface area (Å²) in [7, 11) is 0. The minimum Gasteiger partial charge on any atom is -0.477 e. The van der Waals surface area contributed by atoms with Crippen molar-refractivity contribution in [3.05, 3.63) is 51.1 Å². The Morgan fingerprint density at radius 1 is 1.42 bits per heavy atom. The summed E-state index contributed by atoms with van der Waals surface area (Å²) in [6.07, 6.45) is 1.49. The van der Waals surface area contributed by atoms with Crippen LogP contribution in [0.3, 0.4) is 0 Å². The van der Waals surface area contributed by atoms with Gasteiger partial charge in [0.25, 0.3) is 0 Å². The third kappa shape index (κ3) is 3.05. The van der Waals surface area contributed by atoms with E-state index >= 15 is 0 Å². The Hall–Kier alpha value is -1.59.